The zero-order valence-electron chi connectivity index (χ0n) is 11.4. The van der Waals surface area contributed by atoms with E-state index in [-0.39, 0.29) is 23.6 Å². The Morgan fingerprint density at radius 1 is 1.58 bits per heavy atom. The number of H-pyrrole nitrogens is 1. The van der Waals surface area contributed by atoms with Crippen molar-refractivity contribution < 1.29 is 14.6 Å². The van der Waals surface area contributed by atoms with Gasteiger partial charge in [0.05, 0.1) is 13.2 Å². The minimum atomic E-state index is -0.889. The van der Waals surface area contributed by atoms with Crippen molar-refractivity contribution >= 4 is 5.78 Å². The number of nitrogens with one attached hydrogen (secondary N) is 1. The van der Waals surface area contributed by atoms with Gasteiger partial charge in [-0.1, -0.05) is 12.5 Å². The van der Waals surface area contributed by atoms with Crippen LogP contribution in [0.2, 0.25) is 0 Å². The van der Waals surface area contributed by atoms with Crippen molar-refractivity contribution in [3.05, 3.63) is 39.8 Å². The van der Waals surface area contributed by atoms with Crippen LogP contribution in [0.4, 0.5) is 0 Å². The van der Waals surface area contributed by atoms with E-state index in [9.17, 15) is 14.7 Å². The maximum Gasteiger partial charge on any atom is 0.224 e. The highest BCUT2D eigenvalue weighted by molar-refractivity contribution is 5.96. The number of aliphatic hydroxyl groups excluding tert-OH is 1. The molecule has 0 aliphatic rings. The number of ether oxygens (including phenoxy) is 1. The van der Waals surface area contributed by atoms with Gasteiger partial charge in [0.2, 0.25) is 5.43 Å². The molecule has 1 unspecified atom stereocenters. The van der Waals surface area contributed by atoms with Crippen LogP contribution in [0, 0.1) is 0 Å². The molecule has 0 radical (unpaired) electrons. The maximum atomic E-state index is 11.9. The summed E-state index contributed by atoms with van der Waals surface area (Å²) >= 11 is 0. The minimum Gasteiger partial charge on any atom is -0.491 e. The summed E-state index contributed by atoms with van der Waals surface area (Å²) in [6.45, 7) is 7.18. The Balaban J connectivity index is 3.30. The van der Waals surface area contributed by atoms with E-state index in [2.05, 4.69) is 11.6 Å². The second-order valence-corrected chi connectivity index (χ2v) is 4.45. The number of carbonyl (C=O) groups is 1. The van der Waals surface area contributed by atoms with Gasteiger partial charge >= 0.3 is 0 Å². The fourth-order valence-electron chi connectivity index (χ4n) is 1.76. The molecule has 5 heteroatoms. The Hall–Kier alpha value is -1.88. The molecule has 1 aromatic heterocycles. The van der Waals surface area contributed by atoms with Gasteiger partial charge in [-0.15, -0.1) is 6.58 Å². The fourth-order valence-corrected chi connectivity index (χ4v) is 1.76. The number of ketones is 1. The van der Waals surface area contributed by atoms with Crippen LogP contribution in [-0.4, -0.2) is 23.0 Å². The first-order valence-corrected chi connectivity index (χ1v) is 6.07. The fraction of sp³-hybridized carbons (Fsp3) is 0.429. The molecule has 19 heavy (non-hydrogen) atoms. The number of carbonyl (C=O) groups excluding carboxylic acids is 1. The Morgan fingerprint density at radius 2 is 2.21 bits per heavy atom. The van der Waals surface area contributed by atoms with Crippen molar-refractivity contribution in [2.75, 3.05) is 7.11 Å². The smallest absolute Gasteiger partial charge is 0.224 e. The van der Waals surface area contributed by atoms with Crippen LogP contribution in [-0.2, 0) is 0 Å². The molecule has 0 spiro atoms. The van der Waals surface area contributed by atoms with Crippen LogP contribution in [0.5, 0.6) is 5.75 Å². The number of methoxy groups -OCH3 is 1. The molecule has 0 saturated heterocycles. The molecule has 0 saturated carbocycles. The molecule has 0 aliphatic carbocycles. The molecule has 2 N–H and O–H groups in total. The Kier molecular flexibility index (Phi) is 5.06. The number of aromatic amines is 1. The lowest BCUT2D eigenvalue weighted by Gasteiger charge is -2.14. The molecule has 5 nitrogen and oxygen atoms in total. The molecular formula is C14H19NO4. The summed E-state index contributed by atoms with van der Waals surface area (Å²) < 4.78 is 4.95. The zero-order chi connectivity index (χ0) is 14.6. The lowest BCUT2D eigenvalue weighted by atomic mass is 10.1. The average Bonchev–Trinajstić information content (AvgIpc) is 2.35. The third-order valence-electron chi connectivity index (χ3n) is 2.71. The van der Waals surface area contributed by atoms with Crippen molar-refractivity contribution in [1.29, 1.82) is 0 Å². The molecule has 0 aromatic carbocycles. The first-order chi connectivity index (χ1) is 8.90. The Labute approximate surface area is 111 Å². The lowest BCUT2D eigenvalue weighted by molar-refractivity contribution is 0.0978. The van der Waals surface area contributed by atoms with E-state index in [0.29, 0.717) is 12.1 Å². The predicted molar refractivity (Wildman–Crippen MR) is 72.6 cm³/mol. The Morgan fingerprint density at radius 3 is 2.68 bits per heavy atom. The second-order valence-electron chi connectivity index (χ2n) is 4.45. The van der Waals surface area contributed by atoms with Crippen LogP contribution in [0.3, 0.4) is 0 Å². The quantitative estimate of drug-likeness (QED) is 0.609. The lowest BCUT2D eigenvalue weighted by Crippen LogP contribution is -2.17. The average molecular weight is 265 g/mol. The first-order valence-electron chi connectivity index (χ1n) is 6.07. The van der Waals surface area contributed by atoms with E-state index in [1.54, 1.807) is 13.8 Å². The van der Waals surface area contributed by atoms with Gasteiger partial charge in [-0.25, -0.2) is 0 Å². The molecule has 1 rings (SSSR count). The number of pyridine rings is 1. The minimum absolute atomic E-state index is 0.0156. The van der Waals surface area contributed by atoms with E-state index < -0.39 is 11.5 Å². The molecule has 1 atom stereocenters. The summed E-state index contributed by atoms with van der Waals surface area (Å²) in [5.74, 6) is -0.253. The van der Waals surface area contributed by atoms with E-state index >= 15 is 0 Å². The topological polar surface area (TPSA) is 79.4 Å². The highest BCUT2D eigenvalue weighted by Gasteiger charge is 2.18. The summed E-state index contributed by atoms with van der Waals surface area (Å²) in [6.07, 6.45) is -0.325. The van der Waals surface area contributed by atoms with Crippen molar-refractivity contribution in [2.24, 2.45) is 0 Å². The molecule has 0 amide bonds. The molecule has 0 bridgehead atoms. The summed E-state index contributed by atoms with van der Waals surface area (Å²) in [7, 11) is 1.33. The van der Waals surface area contributed by atoms with Gasteiger partial charge in [0.1, 0.15) is 5.69 Å². The normalized spacial score (nSPS) is 12.0. The zero-order valence-corrected chi connectivity index (χ0v) is 11.4. The van der Waals surface area contributed by atoms with Gasteiger partial charge in [0, 0.05) is 18.2 Å². The highest BCUT2D eigenvalue weighted by atomic mass is 16.5. The summed E-state index contributed by atoms with van der Waals surface area (Å²) in [4.78, 5) is 26.5. The van der Waals surface area contributed by atoms with Crippen LogP contribution in [0.15, 0.2) is 23.0 Å². The highest BCUT2D eigenvalue weighted by Crippen LogP contribution is 2.21. The van der Waals surface area contributed by atoms with Crippen molar-refractivity contribution in [1.82, 2.24) is 4.98 Å². The van der Waals surface area contributed by atoms with Gasteiger partial charge in [0.25, 0.3) is 0 Å². The third-order valence-corrected chi connectivity index (χ3v) is 2.71. The number of aromatic nitrogens is 1. The Bertz CT molecular complexity index is 545. The molecular weight excluding hydrogens is 246 g/mol. The number of hydrogen-bond donors (Lipinski definition) is 2. The molecule has 104 valence electrons. The number of hydrogen-bond acceptors (Lipinski definition) is 4. The van der Waals surface area contributed by atoms with E-state index in [1.807, 2.05) is 0 Å². The van der Waals surface area contributed by atoms with Gasteiger partial charge < -0.3 is 14.8 Å². The van der Waals surface area contributed by atoms with Gasteiger partial charge in [-0.05, 0) is 13.3 Å². The summed E-state index contributed by atoms with van der Waals surface area (Å²) in [6, 6.07) is 1.25. The summed E-state index contributed by atoms with van der Waals surface area (Å²) in [5, 5.41) is 9.97. The van der Waals surface area contributed by atoms with Crippen LogP contribution in [0.1, 0.15) is 49.0 Å². The number of Topliss-reactive ketones (excluding diaryl/α,β-unsaturated/α-hetero) is 1. The number of aliphatic hydroxyl groups is 1. The number of rotatable bonds is 6. The predicted octanol–water partition coefficient (Wildman–Crippen LogP) is 1.98. The largest absolute Gasteiger partial charge is 0.491 e. The monoisotopic (exact) mass is 265 g/mol. The maximum absolute atomic E-state index is 11.9. The van der Waals surface area contributed by atoms with Gasteiger partial charge in [-0.3, -0.25) is 9.59 Å². The SMILES string of the molecule is C=C(C)CC(O)c1cc(=O)c(OC)c(C(=O)CC)[nH]1. The van der Waals surface area contributed by atoms with Crippen molar-refractivity contribution in [3.63, 3.8) is 0 Å². The van der Waals surface area contributed by atoms with Crippen LogP contribution < -0.4 is 10.2 Å². The molecule has 1 heterocycles. The first kappa shape index (κ1) is 15.2. The standard InChI is InChI=1S/C14H19NO4/c1-5-10(16)13-14(19-4)12(18)7-9(15-13)11(17)6-8(2)3/h7,11,17H,2,5-6H2,1,3-4H3,(H,15,18). The van der Waals surface area contributed by atoms with E-state index in [4.69, 9.17) is 4.74 Å². The molecule has 0 aliphatic heterocycles. The molecule has 0 fully saturated rings. The van der Waals surface area contributed by atoms with Gasteiger partial charge in [0.15, 0.2) is 11.5 Å². The van der Waals surface area contributed by atoms with E-state index in [0.717, 1.165) is 5.57 Å². The van der Waals surface area contributed by atoms with Gasteiger partial charge in [-0.2, -0.15) is 0 Å². The van der Waals surface area contributed by atoms with E-state index in [1.165, 1.54) is 13.2 Å². The third kappa shape index (κ3) is 3.54. The van der Waals surface area contributed by atoms with Crippen LogP contribution >= 0.6 is 0 Å². The molecule has 1 aromatic rings. The van der Waals surface area contributed by atoms with Crippen LogP contribution in [0.25, 0.3) is 0 Å². The van der Waals surface area contributed by atoms with Crippen molar-refractivity contribution in [3.8, 4) is 5.75 Å². The van der Waals surface area contributed by atoms with Crippen molar-refractivity contribution in [2.45, 2.75) is 32.8 Å². The second kappa shape index (κ2) is 6.33. The summed E-state index contributed by atoms with van der Waals surface area (Å²) in [5.41, 5.74) is 0.764.